The number of phenols is 1. The van der Waals surface area contributed by atoms with E-state index in [9.17, 15) is 15.0 Å². The van der Waals surface area contributed by atoms with Gasteiger partial charge < -0.3 is 19.7 Å². The lowest BCUT2D eigenvalue weighted by atomic mass is 10.1. The molecule has 5 nitrogen and oxygen atoms in total. The van der Waals surface area contributed by atoms with Crippen LogP contribution in [-0.4, -0.2) is 30.4 Å². The van der Waals surface area contributed by atoms with Gasteiger partial charge in [0.1, 0.15) is 11.5 Å². The Morgan fingerprint density at radius 1 is 1.44 bits per heavy atom. The third-order valence-electron chi connectivity index (χ3n) is 2.16. The molecule has 1 unspecified atom stereocenters. The number of carbonyl (C=O) groups excluding carboxylic acids is 1. The maximum Gasteiger partial charge on any atom is 0.308 e. The zero-order valence-electron chi connectivity index (χ0n) is 9.14. The summed E-state index contributed by atoms with van der Waals surface area (Å²) in [5.74, 6) is -0.148. The van der Waals surface area contributed by atoms with E-state index < -0.39 is 12.1 Å². The molecule has 0 aliphatic rings. The van der Waals surface area contributed by atoms with Gasteiger partial charge in [0.25, 0.3) is 0 Å². The Bertz CT molecular complexity index is 375. The monoisotopic (exact) mass is 226 g/mol. The van der Waals surface area contributed by atoms with Crippen molar-refractivity contribution in [3.05, 3.63) is 23.8 Å². The predicted molar refractivity (Wildman–Crippen MR) is 56.3 cm³/mol. The van der Waals surface area contributed by atoms with Gasteiger partial charge in [-0.1, -0.05) is 0 Å². The molecule has 1 atom stereocenters. The second-order valence-electron chi connectivity index (χ2n) is 3.22. The van der Waals surface area contributed by atoms with Crippen LogP contribution in [0.2, 0.25) is 0 Å². The van der Waals surface area contributed by atoms with Gasteiger partial charge >= 0.3 is 5.97 Å². The lowest BCUT2D eigenvalue weighted by Crippen LogP contribution is -2.09. The number of hydrogen-bond acceptors (Lipinski definition) is 5. The summed E-state index contributed by atoms with van der Waals surface area (Å²) in [7, 11) is 2.67. The number of aliphatic hydroxyl groups excluding tert-OH is 1. The maximum absolute atomic E-state index is 11.0. The highest BCUT2D eigenvalue weighted by Crippen LogP contribution is 2.30. The van der Waals surface area contributed by atoms with Crippen molar-refractivity contribution < 1.29 is 24.5 Å². The van der Waals surface area contributed by atoms with Crippen LogP contribution in [0.3, 0.4) is 0 Å². The van der Waals surface area contributed by atoms with Gasteiger partial charge in [-0.25, -0.2) is 0 Å². The molecule has 1 rings (SSSR count). The summed E-state index contributed by atoms with van der Waals surface area (Å²) in [6.45, 7) is 0. The van der Waals surface area contributed by atoms with Crippen molar-refractivity contribution >= 4 is 5.97 Å². The summed E-state index contributed by atoms with van der Waals surface area (Å²) in [4.78, 5) is 11.0. The van der Waals surface area contributed by atoms with E-state index in [1.54, 1.807) is 0 Å². The van der Waals surface area contributed by atoms with Crippen molar-refractivity contribution in [2.24, 2.45) is 0 Å². The van der Waals surface area contributed by atoms with E-state index in [0.29, 0.717) is 11.3 Å². The van der Waals surface area contributed by atoms with Gasteiger partial charge in [-0.15, -0.1) is 0 Å². The summed E-state index contributed by atoms with van der Waals surface area (Å²) in [6, 6.07) is 4.29. The SMILES string of the molecule is COC(=O)CC(O)c1ccc(O)cc1OC. The van der Waals surface area contributed by atoms with Crippen LogP contribution < -0.4 is 4.74 Å². The molecule has 1 aromatic rings. The second kappa shape index (κ2) is 5.37. The van der Waals surface area contributed by atoms with Crippen LogP contribution >= 0.6 is 0 Å². The Hall–Kier alpha value is -1.75. The lowest BCUT2D eigenvalue weighted by molar-refractivity contribution is -0.142. The Morgan fingerprint density at radius 3 is 2.69 bits per heavy atom. The largest absolute Gasteiger partial charge is 0.508 e. The molecule has 5 heteroatoms. The minimum atomic E-state index is -1.01. The third kappa shape index (κ3) is 2.87. The topological polar surface area (TPSA) is 76.0 Å². The quantitative estimate of drug-likeness (QED) is 0.749. The molecule has 88 valence electrons. The molecule has 0 bridgehead atoms. The number of aliphatic hydroxyl groups is 1. The van der Waals surface area contributed by atoms with Crippen molar-refractivity contribution in [2.75, 3.05) is 14.2 Å². The second-order valence-corrected chi connectivity index (χ2v) is 3.22. The molecule has 0 fully saturated rings. The fraction of sp³-hybridized carbons (Fsp3) is 0.364. The van der Waals surface area contributed by atoms with Crippen LogP contribution in [-0.2, 0) is 9.53 Å². The van der Waals surface area contributed by atoms with Crippen LogP contribution in [0.5, 0.6) is 11.5 Å². The molecular weight excluding hydrogens is 212 g/mol. The third-order valence-corrected chi connectivity index (χ3v) is 2.16. The first kappa shape index (κ1) is 12.3. The first-order valence-corrected chi connectivity index (χ1v) is 4.70. The van der Waals surface area contributed by atoms with Gasteiger partial charge in [0.05, 0.1) is 26.7 Å². The molecule has 0 radical (unpaired) electrons. The smallest absolute Gasteiger partial charge is 0.308 e. The van der Waals surface area contributed by atoms with Gasteiger partial charge in [0.2, 0.25) is 0 Å². The Kier molecular flexibility index (Phi) is 4.13. The van der Waals surface area contributed by atoms with E-state index in [2.05, 4.69) is 4.74 Å². The number of esters is 1. The fourth-order valence-electron chi connectivity index (χ4n) is 1.33. The van der Waals surface area contributed by atoms with E-state index in [1.807, 2.05) is 0 Å². The average Bonchev–Trinajstić information content (AvgIpc) is 2.28. The number of methoxy groups -OCH3 is 2. The van der Waals surface area contributed by atoms with E-state index in [-0.39, 0.29) is 12.2 Å². The number of aromatic hydroxyl groups is 1. The number of ether oxygens (including phenoxy) is 2. The van der Waals surface area contributed by atoms with E-state index in [1.165, 1.54) is 32.4 Å². The zero-order chi connectivity index (χ0) is 12.1. The molecule has 0 aliphatic carbocycles. The molecule has 0 aromatic heterocycles. The summed E-state index contributed by atoms with van der Waals surface area (Å²) in [6.07, 6.45) is -1.17. The molecular formula is C11H14O5. The number of benzene rings is 1. The normalized spacial score (nSPS) is 11.9. The highest BCUT2D eigenvalue weighted by Gasteiger charge is 2.17. The van der Waals surface area contributed by atoms with Crippen molar-refractivity contribution in [2.45, 2.75) is 12.5 Å². The van der Waals surface area contributed by atoms with Gasteiger partial charge in [-0.05, 0) is 12.1 Å². The maximum atomic E-state index is 11.0. The first-order valence-electron chi connectivity index (χ1n) is 4.70. The van der Waals surface area contributed by atoms with Gasteiger partial charge in [-0.3, -0.25) is 4.79 Å². The molecule has 0 heterocycles. The average molecular weight is 226 g/mol. The molecule has 0 aliphatic heterocycles. The van der Waals surface area contributed by atoms with Crippen LogP contribution in [0.15, 0.2) is 18.2 Å². The minimum absolute atomic E-state index is 0.0332. The highest BCUT2D eigenvalue weighted by molar-refractivity contribution is 5.70. The fourth-order valence-corrected chi connectivity index (χ4v) is 1.33. The molecule has 16 heavy (non-hydrogen) atoms. The standard InChI is InChI=1S/C11H14O5/c1-15-10-5-7(12)3-4-8(10)9(13)6-11(14)16-2/h3-5,9,12-13H,6H2,1-2H3. The predicted octanol–water partition coefficient (Wildman–Crippen LogP) is 0.997. The number of phenolic OH excluding ortho intramolecular Hbond substituents is 1. The summed E-state index contributed by atoms with van der Waals surface area (Å²) in [5, 5.41) is 19.0. The summed E-state index contributed by atoms with van der Waals surface area (Å²) >= 11 is 0. The lowest BCUT2D eigenvalue weighted by Gasteiger charge is -2.13. The Balaban J connectivity index is 2.90. The van der Waals surface area contributed by atoms with Gasteiger partial charge in [-0.2, -0.15) is 0 Å². The van der Waals surface area contributed by atoms with Crippen molar-refractivity contribution in [1.29, 1.82) is 0 Å². The Labute approximate surface area is 93.2 Å². The molecule has 1 aromatic carbocycles. The minimum Gasteiger partial charge on any atom is -0.508 e. The molecule has 0 saturated carbocycles. The molecule has 0 amide bonds. The van der Waals surface area contributed by atoms with E-state index >= 15 is 0 Å². The first-order chi connectivity index (χ1) is 7.58. The number of carbonyl (C=O) groups is 1. The van der Waals surface area contributed by atoms with Crippen LogP contribution in [0.25, 0.3) is 0 Å². The van der Waals surface area contributed by atoms with E-state index in [4.69, 9.17) is 4.74 Å². The summed E-state index contributed by atoms with van der Waals surface area (Å²) < 4.78 is 9.44. The molecule has 0 spiro atoms. The van der Waals surface area contributed by atoms with E-state index in [0.717, 1.165) is 0 Å². The van der Waals surface area contributed by atoms with Gasteiger partial charge in [0.15, 0.2) is 0 Å². The van der Waals surface area contributed by atoms with Crippen molar-refractivity contribution in [3.8, 4) is 11.5 Å². The molecule has 2 N–H and O–H groups in total. The highest BCUT2D eigenvalue weighted by atomic mass is 16.5. The van der Waals surface area contributed by atoms with Crippen molar-refractivity contribution in [3.63, 3.8) is 0 Å². The van der Waals surface area contributed by atoms with Crippen LogP contribution in [0, 0.1) is 0 Å². The zero-order valence-corrected chi connectivity index (χ0v) is 9.14. The van der Waals surface area contributed by atoms with Crippen molar-refractivity contribution in [1.82, 2.24) is 0 Å². The number of hydrogen-bond donors (Lipinski definition) is 2. The van der Waals surface area contributed by atoms with Crippen LogP contribution in [0.4, 0.5) is 0 Å². The van der Waals surface area contributed by atoms with Gasteiger partial charge in [0, 0.05) is 11.6 Å². The summed E-state index contributed by atoms with van der Waals surface area (Å²) in [5.41, 5.74) is 0.436. The van der Waals surface area contributed by atoms with Crippen LogP contribution in [0.1, 0.15) is 18.1 Å². The molecule has 0 saturated heterocycles. The Morgan fingerprint density at radius 2 is 2.12 bits per heavy atom. The number of rotatable bonds is 4.